The van der Waals surface area contributed by atoms with E-state index in [1.165, 1.54) is 25.0 Å². The van der Waals surface area contributed by atoms with Crippen LogP contribution in [0, 0.1) is 0 Å². The van der Waals surface area contributed by atoms with Crippen LogP contribution < -0.4 is 20.5 Å². The van der Waals surface area contributed by atoms with E-state index in [9.17, 15) is 4.79 Å². The monoisotopic (exact) mass is 387 g/mol. The molecule has 0 aliphatic heterocycles. The molecule has 0 spiro atoms. The molecular weight excluding hydrogens is 370 g/mol. The predicted octanol–water partition coefficient (Wildman–Crippen LogP) is 2.83. The Kier molecular flexibility index (Phi) is 5.46. The SMILES string of the molecule is COc1cc(OC)c(NC(=O)c2nnn(Cc3ccccc3)c2N)cc1Cl. The van der Waals surface area contributed by atoms with Crippen LogP contribution in [-0.2, 0) is 6.54 Å². The van der Waals surface area contributed by atoms with Crippen LogP contribution in [0.4, 0.5) is 11.5 Å². The minimum atomic E-state index is -0.522. The summed E-state index contributed by atoms with van der Waals surface area (Å²) in [5, 5.41) is 10.9. The van der Waals surface area contributed by atoms with Crippen LogP contribution >= 0.6 is 11.6 Å². The van der Waals surface area contributed by atoms with Crippen LogP contribution in [-0.4, -0.2) is 35.1 Å². The van der Waals surface area contributed by atoms with Gasteiger partial charge in [-0.05, 0) is 11.6 Å². The Balaban J connectivity index is 1.82. The van der Waals surface area contributed by atoms with Crippen molar-refractivity contribution in [2.24, 2.45) is 0 Å². The number of carbonyl (C=O) groups excluding carboxylic acids is 1. The van der Waals surface area contributed by atoms with E-state index in [2.05, 4.69) is 15.6 Å². The summed E-state index contributed by atoms with van der Waals surface area (Å²) in [5.41, 5.74) is 7.42. The Morgan fingerprint density at radius 2 is 1.89 bits per heavy atom. The second kappa shape index (κ2) is 7.96. The van der Waals surface area contributed by atoms with Crippen LogP contribution in [0.5, 0.6) is 11.5 Å². The Morgan fingerprint density at radius 1 is 1.19 bits per heavy atom. The number of hydrogen-bond donors (Lipinski definition) is 2. The summed E-state index contributed by atoms with van der Waals surface area (Å²) < 4.78 is 11.9. The van der Waals surface area contributed by atoms with Crippen molar-refractivity contribution in [1.29, 1.82) is 0 Å². The first-order valence-electron chi connectivity index (χ1n) is 7.99. The molecule has 1 heterocycles. The topological polar surface area (TPSA) is 104 Å². The fraction of sp³-hybridized carbons (Fsp3) is 0.167. The average molecular weight is 388 g/mol. The molecule has 0 unspecified atom stereocenters. The molecule has 8 nitrogen and oxygen atoms in total. The molecule has 0 fully saturated rings. The highest BCUT2D eigenvalue weighted by atomic mass is 35.5. The number of nitrogens with one attached hydrogen (secondary N) is 1. The zero-order valence-corrected chi connectivity index (χ0v) is 15.5. The predicted molar refractivity (Wildman–Crippen MR) is 102 cm³/mol. The van der Waals surface area contributed by atoms with Gasteiger partial charge in [0.05, 0.1) is 31.5 Å². The Labute approximate surface area is 160 Å². The van der Waals surface area contributed by atoms with Crippen molar-refractivity contribution >= 4 is 29.0 Å². The molecule has 1 aromatic heterocycles. The average Bonchev–Trinajstić information content (AvgIpc) is 3.03. The first-order chi connectivity index (χ1) is 13.0. The Morgan fingerprint density at radius 3 is 2.56 bits per heavy atom. The van der Waals surface area contributed by atoms with E-state index < -0.39 is 5.91 Å². The van der Waals surface area contributed by atoms with Crippen molar-refractivity contribution in [3.05, 3.63) is 58.7 Å². The molecule has 0 aliphatic rings. The number of nitrogens with two attached hydrogens (primary N) is 1. The third kappa shape index (κ3) is 3.95. The van der Waals surface area contributed by atoms with Crippen molar-refractivity contribution < 1.29 is 14.3 Å². The minimum Gasteiger partial charge on any atom is -0.495 e. The van der Waals surface area contributed by atoms with Crippen LogP contribution in [0.25, 0.3) is 0 Å². The maximum absolute atomic E-state index is 12.6. The van der Waals surface area contributed by atoms with Gasteiger partial charge in [0.1, 0.15) is 11.5 Å². The third-order valence-corrected chi connectivity index (χ3v) is 4.18. The zero-order chi connectivity index (χ0) is 19.4. The number of anilines is 2. The first kappa shape index (κ1) is 18.5. The van der Waals surface area contributed by atoms with Gasteiger partial charge in [0.25, 0.3) is 5.91 Å². The molecule has 0 saturated carbocycles. The number of nitrogens with zero attached hydrogens (tertiary/aromatic N) is 3. The van der Waals surface area contributed by atoms with Gasteiger partial charge in [-0.3, -0.25) is 4.79 Å². The van der Waals surface area contributed by atoms with E-state index in [0.717, 1.165) is 5.56 Å². The fourth-order valence-corrected chi connectivity index (χ4v) is 2.74. The van der Waals surface area contributed by atoms with Gasteiger partial charge in [-0.2, -0.15) is 0 Å². The normalized spacial score (nSPS) is 10.5. The highest BCUT2D eigenvalue weighted by Gasteiger charge is 2.20. The molecule has 0 atom stereocenters. The smallest absolute Gasteiger partial charge is 0.280 e. The molecule has 3 rings (SSSR count). The lowest BCUT2D eigenvalue weighted by atomic mass is 10.2. The molecule has 0 saturated heterocycles. The summed E-state index contributed by atoms with van der Waals surface area (Å²) in [6, 6.07) is 12.7. The molecule has 3 N–H and O–H groups in total. The van der Waals surface area contributed by atoms with Gasteiger partial charge in [0, 0.05) is 6.07 Å². The molecular formula is C18H18ClN5O3. The second-order valence-corrected chi connectivity index (χ2v) is 6.01. The highest BCUT2D eigenvalue weighted by molar-refractivity contribution is 6.32. The van der Waals surface area contributed by atoms with Gasteiger partial charge in [-0.1, -0.05) is 47.1 Å². The molecule has 3 aromatic rings. The lowest BCUT2D eigenvalue weighted by Gasteiger charge is -2.12. The molecule has 0 radical (unpaired) electrons. The second-order valence-electron chi connectivity index (χ2n) is 5.61. The fourth-order valence-electron chi connectivity index (χ4n) is 2.49. The number of benzene rings is 2. The van der Waals surface area contributed by atoms with Gasteiger partial charge in [-0.15, -0.1) is 5.10 Å². The lowest BCUT2D eigenvalue weighted by molar-refractivity contribution is 0.102. The van der Waals surface area contributed by atoms with Crippen molar-refractivity contribution in [2.75, 3.05) is 25.3 Å². The molecule has 0 bridgehead atoms. The minimum absolute atomic E-state index is 0.0138. The van der Waals surface area contributed by atoms with Gasteiger partial charge < -0.3 is 20.5 Å². The number of rotatable bonds is 6. The molecule has 140 valence electrons. The zero-order valence-electron chi connectivity index (χ0n) is 14.8. The molecule has 2 aromatic carbocycles. The van der Waals surface area contributed by atoms with E-state index in [1.54, 1.807) is 6.07 Å². The molecule has 27 heavy (non-hydrogen) atoms. The molecule has 0 aliphatic carbocycles. The summed E-state index contributed by atoms with van der Waals surface area (Å²) in [7, 11) is 2.97. The van der Waals surface area contributed by atoms with E-state index in [-0.39, 0.29) is 11.5 Å². The molecule has 9 heteroatoms. The van der Waals surface area contributed by atoms with Gasteiger partial charge >= 0.3 is 0 Å². The number of aromatic nitrogens is 3. The number of hydrogen-bond acceptors (Lipinski definition) is 6. The maximum atomic E-state index is 12.6. The standard InChI is InChI=1S/C18H18ClN5O3/c1-26-14-9-15(27-2)13(8-12(14)19)21-18(25)16-17(20)24(23-22-16)10-11-6-4-3-5-7-11/h3-9H,10,20H2,1-2H3,(H,21,25). The van der Waals surface area contributed by atoms with Crippen molar-refractivity contribution in [3.63, 3.8) is 0 Å². The number of amides is 1. The number of carbonyl (C=O) groups is 1. The lowest BCUT2D eigenvalue weighted by Crippen LogP contribution is -2.16. The number of ether oxygens (including phenoxy) is 2. The third-order valence-electron chi connectivity index (χ3n) is 3.89. The van der Waals surface area contributed by atoms with E-state index in [1.807, 2.05) is 30.3 Å². The summed E-state index contributed by atoms with van der Waals surface area (Å²) in [4.78, 5) is 12.6. The summed E-state index contributed by atoms with van der Waals surface area (Å²) >= 11 is 6.12. The summed E-state index contributed by atoms with van der Waals surface area (Å²) in [6.45, 7) is 0.407. The van der Waals surface area contributed by atoms with E-state index in [4.69, 9.17) is 26.8 Å². The van der Waals surface area contributed by atoms with Crippen LogP contribution in [0.1, 0.15) is 16.1 Å². The van der Waals surface area contributed by atoms with Crippen molar-refractivity contribution in [3.8, 4) is 11.5 Å². The maximum Gasteiger partial charge on any atom is 0.280 e. The van der Waals surface area contributed by atoms with Gasteiger partial charge in [0.2, 0.25) is 0 Å². The van der Waals surface area contributed by atoms with E-state index in [0.29, 0.717) is 28.8 Å². The summed E-state index contributed by atoms with van der Waals surface area (Å²) in [5.74, 6) is 0.459. The van der Waals surface area contributed by atoms with Crippen molar-refractivity contribution in [2.45, 2.75) is 6.54 Å². The number of methoxy groups -OCH3 is 2. The largest absolute Gasteiger partial charge is 0.495 e. The Hall–Kier alpha value is -3.26. The van der Waals surface area contributed by atoms with Crippen LogP contribution in [0.2, 0.25) is 5.02 Å². The number of nitrogen functional groups attached to an aromatic ring is 1. The van der Waals surface area contributed by atoms with E-state index >= 15 is 0 Å². The molecule has 1 amide bonds. The van der Waals surface area contributed by atoms with Crippen LogP contribution in [0.15, 0.2) is 42.5 Å². The highest BCUT2D eigenvalue weighted by Crippen LogP contribution is 2.36. The van der Waals surface area contributed by atoms with Crippen molar-refractivity contribution in [1.82, 2.24) is 15.0 Å². The first-order valence-corrected chi connectivity index (χ1v) is 8.37. The number of halogens is 1. The van der Waals surface area contributed by atoms with Gasteiger partial charge in [0.15, 0.2) is 11.5 Å². The summed E-state index contributed by atoms with van der Waals surface area (Å²) in [6.07, 6.45) is 0. The van der Waals surface area contributed by atoms with Crippen LogP contribution in [0.3, 0.4) is 0 Å². The van der Waals surface area contributed by atoms with Gasteiger partial charge in [-0.25, -0.2) is 4.68 Å². The quantitative estimate of drug-likeness (QED) is 0.674. The Bertz CT molecular complexity index is 959.